The van der Waals surface area contributed by atoms with Crippen molar-refractivity contribution in [1.29, 1.82) is 0 Å². The van der Waals surface area contributed by atoms with Crippen molar-refractivity contribution in [2.75, 3.05) is 26.5 Å². The lowest BCUT2D eigenvalue weighted by molar-refractivity contribution is -0.140. The van der Waals surface area contributed by atoms with Crippen molar-refractivity contribution in [1.82, 2.24) is 24.2 Å². The molecule has 4 rings (SSSR count). The van der Waals surface area contributed by atoms with Crippen molar-refractivity contribution >= 4 is 46.8 Å². The second-order valence-corrected chi connectivity index (χ2v) is 11.2. The van der Waals surface area contributed by atoms with E-state index < -0.39 is 19.8 Å². The number of halogens is 1. The van der Waals surface area contributed by atoms with E-state index in [4.69, 9.17) is 19.5 Å². The molecule has 0 saturated heterocycles. The fourth-order valence-corrected chi connectivity index (χ4v) is 5.83. The monoisotopic (exact) mass is 568 g/mol. The summed E-state index contributed by atoms with van der Waals surface area (Å²) in [7, 11) is -1.07. The Morgan fingerprint density at radius 3 is 2.80 bits per heavy atom. The van der Waals surface area contributed by atoms with Crippen LogP contribution in [0.3, 0.4) is 0 Å². The number of carboxylic acid groups (broad SMARTS) is 1. The zero-order valence-electron chi connectivity index (χ0n) is 19.4. The summed E-state index contributed by atoms with van der Waals surface area (Å²) in [4.78, 5) is 24.2. The number of nitrogen functional groups attached to an aromatic ring is 1. The van der Waals surface area contributed by atoms with Gasteiger partial charge < -0.3 is 24.7 Å². The fraction of sp³-hybridized carbons (Fsp3) is 0.429. The van der Waals surface area contributed by atoms with Crippen molar-refractivity contribution < 1.29 is 28.3 Å². The molecule has 1 aliphatic rings. The van der Waals surface area contributed by atoms with E-state index in [2.05, 4.69) is 30.9 Å². The van der Waals surface area contributed by atoms with Gasteiger partial charge >= 0.3 is 13.7 Å². The van der Waals surface area contributed by atoms with Crippen LogP contribution in [0.5, 0.6) is 11.6 Å². The minimum absolute atomic E-state index is 0.0755. The Hall–Kier alpha value is -2.73. The number of rotatable bonds is 10. The highest BCUT2D eigenvalue weighted by Crippen LogP contribution is 2.54. The molecule has 3 aromatic rings. The van der Waals surface area contributed by atoms with Crippen molar-refractivity contribution in [2.45, 2.75) is 31.8 Å². The number of hydrogen-bond donors (Lipinski definition) is 2. The molecule has 12 nitrogen and oxygen atoms in total. The summed E-state index contributed by atoms with van der Waals surface area (Å²) in [5.41, 5.74) is 6.91. The number of aromatic nitrogens is 4. The molecule has 14 heteroatoms. The lowest BCUT2D eigenvalue weighted by Gasteiger charge is -2.37. The SMILES string of the molecule is COc1nc(N)nc2c1ncn2[C@H]1C[C@@H](COP(=O)(Oc2cccc(Br)c2)N(C)C(C)C(=O)O)C1. The van der Waals surface area contributed by atoms with Crippen molar-refractivity contribution in [3.8, 4) is 11.6 Å². The molecule has 1 fully saturated rings. The largest absolute Gasteiger partial charge is 0.480 e. The highest BCUT2D eigenvalue weighted by atomic mass is 79.9. The van der Waals surface area contributed by atoms with E-state index in [1.165, 1.54) is 21.1 Å². The van der Waals surface area contributed by atoms with Crippen LogP contribution in [0.4, 0.5) is 5.95 Å². The maximum absolute atomic E-state index is 13.7. The quantitative estimate of drug-likeness (QED) is 0.343. The molecule has 0 aliphatic heterocycles. The van der Waals surface area contributed by atoms with Crippen molar-refractivity contribution in [3.05, 3.63) is 35.1 Å². The Morgan fingerprint density at radius 2 is 2.14 bits per heavy atom. The number of anilines is 1. The highest BCUT2D eigenvalue weighted by molar-refractivity contribution is 9.10. The molecule has 2 unspecified atom stereocenters. The van der Waals surface area contributed by atoms with Crippen LogP contribution in [-0.4, -0.2) is 62.1 Å². The molecule has 2 heterocycles. The predicted octanol–water partition coefficient (Wildman–Crippen LogP) is 3.74. The normalized spacial score (nSPS) is 20.3. The van der Waals surface area contributed by atoms with E-state index in [-0.39, 0.29) is 24.5 Å². The molecule has 1 aliphatic carbocycles. The third kappa shape index (κ3) is 5.27. The molecule has 35 heavy (non-hydrogen) atoms. The summed E-state index contributed by atoms with van der Waals surface area (Å²) in [5, 5.41) is 9.43. The number of fused-ring (bicyclic) bond motifs is 1. The first-order valence-electron chi connectivity index (χ1n) is 10.8. The fourth-order valence-electron chi connectivity index (χ4n) is 3.79. The zero-order valence-corrected chi connectivity index (χ0v) is 21.8. The number of aliphatic carboxylic acids is 1. The van der Waals surface area contributed by atoms with Crippen LogP contribution in [0, 0.1) is 5.92 Å². The van der Waals surface area contributed by atoms with E-state index in [1.54, 1.807) is 30.6 Å². The van der Waals surface area contributed by atoms with Crippen molar-refractivity contribution in [2.24, 2.45) is 5.92 Å². The van der Waals surface area contributed by atoms with Gasteiger partial charge in [-0.15, -0.1) is 0 Å². The lowest BCUT2D eigenvalue weighted by atomic mass is 9.81. The van der Waals surface area contributed by atoms with Gasteiger partial charge in [-0.1, -0.05) is 22.0 Å². The molecular weight excluding hydrogens is 543 g/mol. The van der Waals surface area contributed by atoms with Crippen LogP contribution in [0.2, 0.25) is 0 Å². The first-order valence-corrected chi connectivity index (χ1v) is 13.1. The average Bonchev–Trinajstić information content (AvgIpc) is 3.19. The van der Waals surface area contributed by atoms with Crippen molar-refractivity contribution in [3.63, 3.8) is 0 Å². The molecule has 0 amide bonds. The number of imidazole rings is 1. The van der Waals surface area contributed by atoms with Gasteiger partial charge in [0.05, 0.1) is 20.0 Å². The third-order valence-corrected chi connectivity index (χ3v) is 8.53. The second kappa shape index (κ2) is 10.1. The summed E-state index contributed by atoms with van der Waals surface area (Å²) in [6, 6.07) is 5.80. The summed E-state index contributed by atoms with van der Waals surface area (Å²) >= 11 is 3.35. The number of nitrogens with two attached hydrogens (primary N) is 1. The number of benzene rings is 1. The van der Waals surface area contributed by atoms with E-state index in [9.17, 15) is 14.5 Å². The molecule has 3 N–H and O–H groups in total. The van der Waals surface area contributed by atoms with Gasteiger partial charge in [-0.3, -0.25) is 9.32 Å². The standard InChI is InChI=1S/C21H26BrN6O6P/c1-12(20(29)30)27(2)35(31,34-16-6-4-5-14(22)9-16)33-10-13-7-15(8-13)28-11-24-17-18(28)25-21(23)26-19(17)32-3/h4-6,9,11-13,15H,7-8,10H2,1-3H3,(H,29,30)(H2,23,25,26)/t12?,13-,15+,35?. The highest BCUT2D eigenvalue weighted by Gasteiger charge is 2.41. The molecule has 0 radical (unpaired) electrons. The average molecular weight is 569 g/mol. The number of ether oxygens (including phenoxy) is 1. The maximum Gasteiger partial charge on any atom is 0.461 e. The van der Waals surface area contributed by atoms with Crippen LogP contribution in [0.25, 0.3) is 11.2 Å². The van der Waals surface area contributed by atoms with Crippen LogP contribution >= 0.6 is 23.7 Å². The van der Waals surface area contributed by atoms with Crippen LogP contribution in [0.15, 0.2) is 35.1 Å². The van der Waals surface area contributed by atoms with Crippen LogP contribution < -0.4 is 15.0 Å². The van der Waals surface area contributed by atoms with Gasteiger partial charge in [-0.05, 0) is 50.9 Å². The Labute approximate surface area is 210 Å². The van der Waals surface area contributed by atoms with Gasteiger partial charge in [0.15, 0.2) is 11.2 Å². The summed E-state index contributed by atoms with van der Waals surface area (Å²) in [6.07, 6.45) is 3.10. The number of likely N-dealkylation sites (N-methyl/N-ethyl adjacent to an activating group) is 1. The molecular formula is C21H26BrN6O6P. The third-order valence-electron chi connectivity index (χ3n) is 6.00. The molecule has 0 spiro atoms. The van der Waals surface area contributed by atoms with Gasteiger partial charge in [0.2, 0.25) is 11.8 Å². The number of hydrogen-bond acceptors (Lipinski definition) is 9. The Kier molecular flexibility index (Phi) is 7.32. The maximum atomic E-state index is 13.7. The van der Waals surface area contributed by atoms with E-state index >= 15 is 0 Å². The first-order chi connectivity index (χ1) is 16.6. The Balaban J connectivity index is 1.46. The minimum atomic E-state index is -3.97. The number of carboxylic acids is 1. The second-order valence-electron chi connectivity index (χ2n) is 8.31. The van der Waals surface area contributed by atoms with Gasteiger partial charge in [-0.2, -0.15) is 14.6 Å². The lowest BCUT2D eigenvalue weighted by Crippen LogP contribution is -2.36. The number of carbonyl (C=O) groups is 1. The summed E-state index contributed by atoms with van der Waals surface area (Å²) < 4.78 is 34.3. The van der Waals surface area contributed by atoms with E-state index in [1.807, 2.05) is 4.57 Å². The van der Waals surface area contributed by atoms with Gasteiger partial charge in [0.25, 0.3) is 0 Å². The molecule has 2 aromatic heterocycles. The van der Waals surface area contributed by atoms with Crippen LogP contribution in [-0.2, 0) is 13.9 Å². The molecule has 1 aromatic carbocycles. The Bertz CT molecular complexity index is 1280. The van der Waals surface area contributed by atoms with Gasteiger partial charge in [0.1, 0.15) is 11.8 Å². The number of nitrogens with zero attached hydrogens (tertiary/aromatic N) is 5. The smallest absolute Gasteiger partial charge is 0.461 e. The van der Waals surface area contributed by atoms with Crippen LogP contribution in [0.1, 0.15) is 25.8 Å². The van der Waals surface area contributed by atoms with E-state index in [0.29, 0.717) is 35.6 Å². The van der Waals surface area contributed by atoms with Gasteiger partial charge in [-0.25, -0.2) is 9.55 Å². The minimum Gasteiger partial charge on any atom is -0.480 e. The molecule has 0 bridgehead atoms. The van der Waals surface area contributed by atoms with E-state index in [0.717, 1.165) is 9.14 Å². The Morgan fingerprint density at radius 1 is 1.40 bits per heavy atom. The number of methoxy groups -OCH3 is 1. The summed E-state index contributed by atoms with van der Waals surface area (Å²) in [5.74, 6) is -0.356. The zero-order chi connectivity index (χ0) is 25.3. The molecule has 188 valence electrons. The predicted molar refractivity (Wildman–Crippen MR) is 131 cm³/mol. The molecule has 1 saturated carbocycles. The topological polar surface area (TPSA) is 155 Å². The first kappa shape index (κ1) is 25.4. The summed E-state index contributed by atoms with van der Waals surface area (Å²) in [6.45, 7) is 1.56. The van der Waals surface area contributed by atoms with Gasteiger partial charge in [0, 0.05) is 10.5 Å². The molecule has 2 atom stereocenters.